The molecule has 0 spiro atoms. The lowest BCUT2D eigenvalue weighted by atomic mass is 10.1. The molecule has 0 unspecified atom stereocenters. The fourth-order valence-corrected chi connectivity index (χ4v) is 2.31. The maximum Gasteiger partial charge on any atom is 0.325 e. The van der Waals surface area contributed by atoms with Crippen molar-refractivity contribution in [3.8, 4) is 0 Å². The molecule has 0 saturated carbocycles. The molecule has 23 heavy (non-hydrogen) atoms. The molecule has 2 rings (SSSR count). The van der Waals surface area contributed by atoms with Gasteiger partial charge in [0.05, 0.1) is 0 Å². The number of hydrogen-bond donors (Lipinski definition) is 1. The second-order valence-corrected chi connectivity index (χ2v) is 6.01. The van der Waals surface area contributed by atoms with Gasteiger partial charge in [-0.1, -0.05) is 56.3 Å². The summed E-state index contributed by atoms with van der Waals surface area (Å²) in [5, 5.41) is 4.78. The monoisotopic (exact) mass is 313 g/mol. The Morgan fingerprint density at radius 3 is 2.61 bits per heavy atom. The summed E-state index contributed by atoms with van der Waals surface area (Å²) < 4.78 is 5.26. The van der Waals surface area contributed by atoms with Crippen LogP contribution in [0.1, 0.15) is 32.3 Å². The highest BCUT2D eigenvalue weighted by atomic mass is 16.5. The molecule has 4 heteroatoms. The number of ether oxygens (including phenoxy) is 1. The summed E-state index contributed by atoms with van der Waals surface area (Å²) in [6.45, 7) is 4.25. The van der Waals surface area contributed by atoms with Crippen LogP contribution in [0.3, 0.4) is 0 Å². The molecule has 0 bridgehead atoms. The lowest BCUT2D eigenvalue weighted by molar-refractivity contribution is -0.145. The standard InChI is InChI=1S/C19H23NO3/c1-14(2)10-11-18(21)20-12-19(22)23-13-16-8-5-7-15-6-3-4-9-17(15)16/h3-9,14H,10-13H2,1-2H3,(H,20,21). The summed E-state index contributed by atoms with van der Waals surface area (Å²) >= 11 is 0. The van der Waals surface area contributed by atoms with E-state index in [-0.39, 0.29) is 19.1 Å². The highest BCUT2D eigenvalue weighted by Crippen LogP contribution is 2.19. The van der Waals surface area contributed by atoms with E-state index in [9.17, 15) is 9.59 Å². The lowest BCUT2D eigenvalue weighted by Crippen LogP contribution is -2.30. The van der Waals surface area contributed by atoms with Crippen molar-refractivity contribution < 1.29 is 14.3 Å². The number of fused-ring (bicyclic) bond motifs is 1. The Labute approximate surface area is 136 Å². The van der Waals surface area contributed by atoms with Gasteiger partial charge in [0.2, 0.25) is 5.91 Å². The van der Waals surface area contributed by atoms with E-state index in [1.807, 2.05) is 42.5 Å². The first-order valence-electron chi connectivity index (χ1n) is 7.95. The second-order valence-electron chi connectivity index (χ2n) is 6.01. The maximum atomic E-state index is 11.8. The molecule has 0 saturated heterocycles. The largest absolute Gasteiger partial charge is 0.459 e. The van der Waals surface area contributed by atoms with Gasteiger partial charge in [0.15, 0.2) is 0 Å². The summed E-state index contributed by atoms with van der Waals surface area (Å²) in [4.78, 5) is 23.3. The number of nitrogens with one attached hydrogen (secondary N) is 1. The first-order chi connectivity index (χ1) is 11.1. The third kappa shape index (κ3) is 5.40. The van der Waals surface area contributed by atoms with Crippen LogP contribution in [0, 0.1) is 5.92 Å². The van der Waals surface area contributed by atoms with E-state index < -0.39 is 5.97 Å². The molecule has 122 valence electrons. The Kier molecular flexibility index (Phi) is 6.15. The highest BCUT2D eigenvalue weighted by Gasteiger charge is 2.08. The van der Waals surface area contributed by atoms with Gasteiger partial charge < -0.3 is 10.1 Å². The zero-order valence-electron chi connectivity index (χ0n) is 13.7. The molecule has 0 radical (unpaired) electrons. The highest BCUT2D eigenvalue weighted by molar-refractivity contribution is 5.86. The molecule has 0 aliphatic heterocycles. The van der Waals surface area contributed by atoms with Gasteiger partial charge in [-0.3, -0.25) is 9.59 Å². The van der Waals surface area contributed by atoms with Gasteiger partial charge in [0.1, 0.15) is 13.2 Å². The van der Waals surface area contributed by atoms with Crippen LogP contribution in [-0.2, 0) is 20.9 Å². The zero-order valence-corrected chi connectivity index (χ0v) is 13.7. The molecule has 0 aliphatic rings. The Balaban J connectivity index is 1.81. The van der Waals surface area contributed by atoms with Crippen LogP contribution in [0.2, 0.25) is 0 Å². The second kappa shape index (κ2) is 8.32. The van der Waals surface area contributed by atoms with Crippen molar-refractivity contribution in [1.29, 1.82) is 0 Å². The number of rotatable bonds is 7. The lowest BCUT2D eigenvalue weighted by Gasteiger charge is -2.09. The Morgan fingerprint density at radius 1 is 1.09 bits per heavy atom. The molecule has 0 fully saturated rings. The number of hydrogen-bond acceptors (Lipinski definition) is 3. The molecule has 2 aromatic carbocycles. The Morgan fingerprint density at radius 2 is 1.83 bits per heavy atom. The van der Waals surface area contributed by atoms with Gasteiger partial charge in [-0.2, -0.15) is 0 Å². The van der Waals surface area contributed by atoms with Gasteiger partial charge >= 0.3 is 5.97 Å². The fourth-order valence-electron chi connectivity index (χ4n) is 2.31. The van der Waals surface area contributed by atoms with Crippen LogP contribution in [0.5, 0.6) is 0 Å². The van der Waals surface area contributed by atoms with Crippen molar-refractivity contribution in [3.05, 3.63) is 48.0 Å². The molecule has 0 aromatic heterocycles. The number of carbonyl (C=O) groups excluding carboxylic acids is 2. The zero-order chi connectivity index (χ0) is 16.7. The summed E-state index contributed by atoms with van der Waals surface area (Å²) in [7, 11) is 0. The summed E-state index contributed by atoms with van der Waals surface area (Å²) in [6, 6.07) is 13.9. The van der Waals surface area contributed by atoms with Crippen molar-refractivity contribution >= 4 is 22.6 Å². The van der Waals surface area contributed by atoms with Gasteiger partial charge in [0, 0.05) is 6.42 Å². The molecule has 0 heterocycles. The Hall–Kier alpha value is -2.36. The average molecular weight is 313 g/mol. The first-order valence-corrected chi connectivity index (χ1v) is 7.95. The quantitative estimate of drug-likeness (QED) is 0.797. The molecule has 0 atom stereocenters. The molecule has 1 N–H and O–H groups in total. The van der Waals surface area contributed by atoms with E-state index in [2.05, 4.69) is 19.2 Å². The van der Waals surface area contributed by atoms with E-state index in [4.69, 9.17) is 4.74 Å². The summed E-state index contributed by atoms with van der Waals surface area (Å²) in [5.74, 6) is -0.0595. The minimum absolute atomic E-state index is 0.0817. The van der Waals surface area contributed by atoms with Crippen LogP contribution in [0.25, 0.3) is 10.8 Å². The number of esters is 1. The molecule has 2 aromatic rings. The van der Waals surface area contributed by atoms with Gasteiger partial charge in [-0.15, -0.1) is 0 Å². The Bertz CT molecular complexity index is 674. The smallest absolute Gasteiger partial charge is 0.325 e. The van der Waals surface area contributed by atoms with E-state index in [1.54, 1.807) is 0 Å². The number of benzene rings is 2. The van der Waals surface area contributed by atoms with Gasteiger partial charge in [-0.25, -0.2) is 0 Å². The first kappa shape index (κ1) is 17.0. The molecule has 0 aliphatic carbocycles. The number of carbonyl (C=O) groups is 2. The summed E-state index contributed by atoms with van der Waals surface area (Å²) in [6.07, 6.45) is 1.26. The van der Waals surface area contributed by atoms with Gasteiger partial charge in [0.25, 0.3) is 0 Å². The molecule has 1 amide bonds. The van der Waals surface area contributed by atoms with Crippen LogP contribution in [0.15, 0.2) is 42.5 Å². The van der Waals surface area contributed by atoms with Crippen LogP contribution in [0.4, 0.5) is 0 Å². The van der Waals surface area contributed by atoms with E-state index in [0.29, 0.717) is 12.3 Å². The third-order valence-corrected chi connectivity index (χ3v) is 3.65. The van der Waals surface area contributed by atoms with E-state index in [0.717, 1.165) is 22.8 Å². The topological polar surface area (TPSA) is 55.4 Å². The van der Waals surface area contributed by atoms with Crippen LogP contribution < -0.4 is 5.32 Å². The van der Waals surface area contributed by atoms with Crippen molar-refractivity contribution in [2.24, 2.45) is 5.92 Å². The van der Waals surface area contributed by atoms with Crippen LogP contribution in [-0.4, -0.2) is 18.4 Å². The molecular weight excluding hydrogens is 290 g/mol. The predicted octanol–water partition coefficient (Wildman–Crippen LogP) is 3.44. The van der Waals surface area contributed by atoms with Crippen molar-refractivity contribution in [2.45, 2.75) is 33.3 Å². The van der Waals surface area contributed by atoms with Crippen molar-refractivity contribution in [3.63, 3.8) is 0 Å². The normalized spacial score (nSPS) is 10.7. The van der Waals surface area contributed by atoms with Gasteiger partial charge in [-0.05, 0) is 28.7 Å². The van der Waals surface area contributed by atoms with Crippen LogP contribution >= 0.6 is 0 Å². The minimum atomic E-state index is -0.421. The summed E-state index contributed by atoms with van der Waals surface area (Å²) in [5.41, 5.74) is 0.961. The van der Waals surface area contributed by atoms with Crippen molar-refractivity contribution in [2.75, 3.05) is 6.54 Å². The minimum Gasteiger partial charge on any atom is -0.459 e. The average Bonchev–Trinajstić information content (AvgIpc) is 2.56. The molecular formula is C19H23NO3. The third-order valence-electron chi connectivity index (χ3n) is 3.65. The van der Waals surface area contributed by atoms with E-state index in [1.165, 1.54) is 0 Å². The maximum absolute atomic E-state index is 11.8. The van der Waals surface area contributed by atoms with E-state index >= 15 is 0 Å². The molecule has 4 nitrogen and oxygen atoms in total. The number of amides is 1. The SMILES string of the molecule is CC(C)CCC(=O)NCC(=O)OCc1cccc2ccccc12. The van der Waals surface area contributed by atoms with Crippen molar-refractivity contribution in [1.82, 2.24) is 5.32 Å². The fraction of sp³-hybridized carbons (Fsp3) is 0.368. The predicted molar refractivity (Wildman–Crippen MR) is 90.8 cm³/mol.